The number of nitrogens with zero attached hydrogens (tertiary/aromatic N) is 3. The Bertz CT molecular complexity index is 1170. The lowest BCUT2D eigenvalue weighted by Crippen LogP contribution is -2.36. The number of aromatic nitrogens is 1. The van der Waals surface area contributed by atoms with Crippen LogP contribution in [-0.2, 0) is 9.59 Å². The molecule has 1 aromatic heterocycles. The first-order valence-corrected chi connectivity index (χ1v) is 12.6. The molecule has 2 aromatic carbocycles. The predicted molar refractivity (Wildman–Crippen MR) is 140 cm³/mol. The van der Waals surface area contributed by atoms with Crippen LogP contribution in [0.4, 0.5) is 10.8 Å². The third-order valence-corrected chi connectivity index (χ3v) is 6.81. The van der Waals surface area contributed by atoms with E-state index >= 15 is 0 Å². The molecule has 2 heterocycles. The number of nitrogens with one attached hydrogen (secondary N) is 1. The van der Waals surface area contributed by atoms with Crippen molar-refractivity contribution in [3.05, 3.63) is 77.3 Å². The third-order valence-electron chi connectivity index (χ3n) is 5.97. The molecule has 1 atom stereocenters. The van der Waals surface area contributed by atoms with E-state index in [2.05, 4.69) is 21.3 Å². The second-order valence-electron chi connectivity index (χ2n) is 8.36. The Morgan fingerprint density at radius 1 is 1.17 bits per heavy atom. The molecule has 0 aliphatic carbocycles. The average Bonchev–Trinajstić information content (AvgIpc) is 3.57. The highest BCUT2D eigenvalue weighted by atomic mass is 32.1. The normalized spacial score (nSPS) is 14.7. The van der Waals surface area contributed by atoms with Crippen LogP contribution >= 0.6 is 11.3 Å². The van der Waals surface area contributed by atoms with E-state index in [1.165, 1.54) is 37.2 Å². The quantitative estimate of drug-likeness (QED) is 0.436. The molecule has 182 valence electrons. The van der Waals surface area contributed by atoms with E-state index in [0.717, 1.165) is 30.1 Å². The van der Waals surface area contributed by atoms with E-state index in [0.29, 0.717) is 17.4 Å². The number of methoxy groups -OCH3 is 1. The maximum Gasteiger partial charge on any atom is 0.244 e. The topological polar surface area (TPSA) is 74.8 Å². The van der Waals surface area contributed by atoms with Crippen molar-refractivity contribution < 1.29 is 14.3 Å². The molecule has 1 aliphatic heterocycles. The van der Waals surface area contributed by atoms with Crippen LogP contribution in [-0.4, -0.2) is 48.4 Å². The second kappa shape index (κ2) is 11.8. The van der Waals surface area contributed by atoms with Crippen LogP contribution in [0.3, 0.4) is 0 Å². The number of carbonyl (C=O) groups excluding carboxylic acids is 2. The Balaban J connectivity index is 1.41. The minimum Gasteiger partial charge on any atom is -0.497 e. The summed E-state index contributed by atoms with van der Waals surface area (Å²) in [5.41, 5.74) is 2.52. The minimum absolute atomic E-state index is 0.0887. The van der Waals surface area contributed by atoms with E-state index in [-0.39, 0.29) is 17.9 Å². The van der Waals surface area contributed by atoms with Crippen LogP contribution in [0.2, 0.25) is 0 Å². The van der Waals surface area contributed by atoms with Crippen molar-refractivity contribution in [2.24, 2.45) is 0 Å². The van der Waals surface area contributed by atoms with E-state index in [1.807, 2.05) is 53.9 Å². The van der Waals surface area contributed by atoms with Gasteiger partial charge in [0.2, 0.25) is 11.8 Å². The lowest BCUT2D eigenvalue weighted by atomic mass is 10.0. The number of hydrogen-bond donors (Lipinski definition) is 1. The number of rotatable bonds is 9. The summed E-state index contributed by atoms with van der Waals surface area (Å²) in [5, 5.41) is 5.44. The van der Waals surface area contributed by atoms with Gasteiger partial charge in [0.05, 0.1) is 24.5 Å². The van der Waals surface area contributed by atoms with Crippen molar-refractivity contribution in [2.75, 3.05) is 31.6 Å². The first kappa shape index (κ1) is 24.6. The molecule has 0 bridgehead atoms. The average molecular weight is 491 g/mol. The molecule has 2 amide bonds. The van der Waals surface area contributed by atoms with Crippen LogP contribution in [0.5, 0.6) is 5.75 Å². The van der Waals surface area contributed by atoms with Gasteiger partial charge in [-0.2, -0.15) is 0 Å². The Kier molecular flexibility index (Phi) is 8.28. The molecule has 4 rings (SSSR count). The zero-order valence-corrected chi connectivity index (χ0v) is 20.8. The highest BCUT2D eigenvalue weighted by molar-refractivity contribution is 7.14. The Labute approximate surface area is 210 Å². The van der Waals surface area contributed by atoms with E-state index in [9.17, 15) is 9.59 Å². The number of carbonyl (C=O) groups is 2. The van der Waals surface area contributed by atoms with Gasteiger partial charge in [0.1, 0.15) is 5.75 Å². The fourth-order valence-electron chi connectivity index (χ4n) is 4.24. The van der Waals surface area contributed by atoms with Crippen molar-refractivity contribution in [1.82, 2.24) is 15.2 Å². The maximum absolute atomic E-state index is 12.6. The second-order valence-corrected chi connectivity index (χ2v) is 9.20. The largest absolute Gasteiger partial charge is 0.497 e. The van der Waals surface area contributed by atoms with Crippen LogP contribution in [0.25, 0.3) is 6.08 Å². The van der Waals surface area contributed by atoms with Gasteiger partial charge in [-0.05, 0) is 61.8 Å². The fourth-order valence-corrected chi connectivity index (χ4v) is 5.09. The first-order valence-electron chi connectivity index (χ1n) is 11.7. The summed E-state index contributed by atoms with van der Waals surface area (Å²) in [6, 6.07) is 17.5. The number of thiazole rings is 1. The number of benzene rings is 2. The van der Waals surface area contributed by atoms with Gasteiger partial charge in [0.25, 0.3) is 0 Å². The van der Waals surface area contributed by atoms with Crippen molar-refractivity contribution in [2.45, 2.75) is 25.8 Å². The van der Waals surface area contributed by atoms with E-state index in [4.69, 9.17) is 4.74 Å². The van der Waals surface area contributed by atoms with Crippen LogP contribution in [0, 0.1) is 0 Å². The van der Waals surface area contributed by atoms with Gasteiger partial charge in [-0.15, -0.1) is 11.3 Å². The lowest BCUT2D eigenvalue weighted by Gasteiger charge is -2.28. The maximum atomic E-state index is 12.6. The van der Waals surface area contributed by atoms with Gasteiger partial charge in [-0.3, -0.25) is 19.4 Å². The molecule has 1 N–H and O–H groups in total. The standard InChI is InChI=1S/C27H30N4O3S/c1-20(32)31(23-10-4-3-5-11-23)27-29-22(19-35-27)13-14-26(33)28-18-25(30-15-6-7-16-30)21-9-8-12-24(17-21)34-2/h3-5,8-14,17,19,25H,6-7,15-16,18H2,1-2H3,(H,28,33)/b14-13+. The molecule has 1 fully saturated rings. The SMILES string of the molecule is COc1cccc(C(CNC(=O)/C=C/c2csc(N(C(C)=O)c3ccccc3)n2)N2CCCC2)c1. The third kappa shape index (κ3) is 6.35. The van der Waals surface area contributed by atoms with Gasteiger partial charge in [0, 0.05) is 24.9 Å². The van der Waals surface area contributed by atoms with Crippen molar-refractivity contribution >= 4 is 40.0 Å². The molecule has 8 heteroatoms. The molecule has 1 saturated heterocycles. The van der Waals surface area contributed by atoms with Crippen LogP contribution in [0.1, 0.15) is 37.1 Å². The molecule has 1 unspecified atom stereocenters. The summed E-state index contributed by atoms with van der Waals surface area (Å²) >= 11 is 1.36. The van der Waals surface area contributed by atoms with Gasteiger partial charge in [-0.1, -0.05) is 30.3 Å². The molecule has 0 radical (unpaired) electrons. The molecule has 0 spiro atoms. The predicted octanol–water partition coefficient (Wildman–Crippen LogP) is 4.80. The van der Waals surface area contributed by atoms with Crippen molar-refractivity contribution in [3.8, 4) is 5.75 Å². The minimum atomic E-state index is -0.182. The van der Waals surface area contributed by atoms with Crippen LogP contribution in [0.15, 0.2) is 66.1 Å². The molecule has 7 nitrogen and oxygen atoms in total. The molecule has 1 aliphatic rings. The lowest BCUT2D eigenvalue weighted by molar-refractivity contribution is -0.117. The summed E-state index contributed by atoms with van der Waals surface area (Å²) in [6.45, 7) is 4.05. The van der Waals surface area contributed by atoms with Gasteiger partial charge < -0.3 is 10.1 Å². The Morgan fingerprint density at radius 2 is 1.94 bits per heavy atom. The number of para-hydroxylation sites is 1. The summed E-state index contributed by atoms with van der Waals surface area (Å²) < 4.78 is 5.40. The van der Waals surface area contributed by atoms with Gasteiger partial charge in [-0.25, -0.2) is 4.98 Å². The summed E-state index contributed by atoms with van der Waals surface area (Å²) in [5.74, 6) is 0.509. The first-order chi connectivity index (χ1) is 17.0. The van der Waals surface area contributed by atoms with Crippen molar-refractivity contribution in [1.29, 1.82) is 0 Å². The molecule has 3 aromatic rings. The monoisotopic (exact) mass is 490 g/mol. The Morgan fingerprint density at radius 3 is 2.66 bits per heavy atom. The zero-order chi connectivity index (χ0) is 24.6. The fraction of sp³-hybridized carbons (Fsp3) is 0.296. The number of ether oxygens (including phenoxy) is 1. The van der Waals surface area contributed by atoms with E-state index < -0.39 is 0 Å². The smallest absolute Gasteiger partial charge is 0.244 e. The van der Waals surface area contributed by atoms with Gasteiger partial charge in [0.15, 0.2) is 5.13 Å². The highest BCUT2D eigenvalue weighted by Gasteiger charge is 2.24. The van der Waals surface area contributed by atoms with Crippen molar-refractivity contribution in [3.63, 3.8) is 0 Å². The number of amides is 2. The summed E-state index contributed by atoms with van der Waals surface area (Å²) in [6.07, 6.45) is 5.50. The van der Waals surface area contributed by atoms with E-state index in [1.54, 1.807) is 18.1 Å². The number of likely N-dealkylation sites (tertiary alicyclic amines) is 1. The van der Waals surface area contributed by atoms with Crippen LogP contribution < -0.4 is 15.0 Å². The highest BCUT2D eigenvalue weighted by Crippen LogP contribution is 2.29. The molecule has 0 saturated carbocycles. The molecule has 35 heavy (non-hydrogen) atoms. The number of hydrogen-bond acceptors (Lipinski definition) is 6. The summed E-state index contributed by atoms with van der Waals surface area (Å²) in [7, 11) is 1.66. The summed E-state index contributed by atoms with van der Waals surface area (Å²) in [4.78, 5) is 33.4. The van der Waals surface area contributed by atoms with Gasteiger partial charge >= 0.3 is 0 Å². The molecular formula is C27H30N4O3S. The Hall–Kier alpha value is -3.49. The number of anilines is 2. The zero-order valence-electron chi connectivity index (χ0n) is 20.0. The molecular weight excluding hydrogens is 460 g/mol.